The third kappa shape index (κ3) is 2.86. The van der Waals surface area contributed by atoms with E-state index in [9.17, 15) is 4.79 Å². The van der Waals surface area contributed by atoms with Crippen molar-refractivity contribution in [3.8, 4) is 10.7 Å². The summed E-state index contributed by atoms with van der Waals surface area (Å²) in [5.74, 6) is -1.02. The van der Waals surface area contributed by atoms with Crippen LogP contribution in [-0.4, -0.2) is 27.1 Å². The van der Waals surface area contributed by atoms with Crippen molar-refractivity contribution in [1.29, 1.82) is 0 Å². The standard InChI is InChI=1S/C11H11N3O2S/c12-8(11(15)16)5-7-6-17-10(14-7)9-3-1-2-4-13-9/h1-4,6,8H,5,12H2,(H,15,16). The fourth-order valence-electron chi connectivity index (χ4n) is 1.32. The zero-order valence-electron chi connectivity index (χ0n) is 8.91. The largest absolute Gasteiger partial charge is 0.480 e. The molecule has 5 nitrogen and oxygen atoms in total. The van der Waals surface area contributed by atoms with E-state index in [-0.39, 0.29) is 6.42 Å². The number of hydrogen-bond donors (Lipinski definition) is 2. The Morgan fingerprint density at radius 2 is 2.35 bits per heavy atom. The van der Waals surface area contributed by atoms with Crippen LogP contribution in [0.2, 0.25) is 0 Å². The molecule has 6 heteroatoms. The molecule has 0 aliphatic rings. The van der Waals surface area contributed by atoms with E-state index in [0.29, 0.717) is 5.69 Å². The molecule has 0 aliphatic carbocycles. The normalized spacial score (nSPS) is 12.3. The minimum Gasteiger partial charge on any atom is -0.480 e. The lowest BCUT2D eigenvalue weighted by molar-refractivity contribution is -0.138. The van der Waals surface area contributed by atoms with Gasteiger partial charge in [0.2, 0.25) is 0 Å². The Bertz CT molecular complexity index is 512. The first kappa shape index (κ1) is 11.7. The maximum absolute atomic E-state index is 10.6. The summed E-state index contributed by atoms with van der Waals surface area (Å²) in [7, 11) is 0. The molecule has 0 aromatic carbocycles. The van der Waals surface area contributed by atoms with Crippen LogP contribution in [0.1, 0.15) is 5.69 Å². The van der Waals surface area contributed by atoms with Crippen LogP contribution in [0.3, 0.4) is 0 Å². The smallest absolute Gasteiger partial charge is 0.320 e. The van der Waals surface area contributed by atoms with Crippen LogP contribution in [-0.2, 0) is 11.2 Å². The highest BCUT2D eigenvalue weighted by Crippen LogP contribution is 2.21. The van der Waals surface area contributed by atoms with Gasteiger partial charge in [-0.15, -0.1) is 11.3 Å². The zero-order valence-corrected chi connectivity index (χ0v) is 9.72. The van der Waals surface area contributed by atoms with Crippen LogP contribution < -0.4 is 5.73 Å². The van der Waals surface area contributed by atoms with E-state index in [2.05, 4.69) is 9.97 Å². The number of thiazole rings is 1. The molecular weight excluding hydrogens is 238 g/mol. The first-order chi connectivity index (χ1) is 8.16. The second-order valence-electron chi connectivity index (χ2n) is 3.51. The molecule has 0 saturated heterocycles. The van der Waals surface area contributed by atoms with Gasteiger partial charge in [0, 0.05) is 18.0 Å². The summed E-state index contributed by atoms with van der Waals surface area (Å²) in [6.45, 7) is 0. The van der Waals surface area contributed by atoms with E-state index in [1.807, 2.05) is 23.6 Å². The molecule has 2 rings (SSSR count). The van der Waals surface area contributed by atoms with Gasteiger partial charge in [-0.05, 0) is 12.1 Å². The molecule has 2 aromatic rings. The molecule has 0 radical (unpaired) electrons. The maximum Gasteiger partial charge on any atom is 0.320 e. The van der Waals surface area contributed by atoms with Gasteiger partial charge in [0.25, 0.3) is 0 Å². The molecule has 88 valence electrons. The molecule has 2 heterocycles. The van der Waals surface area contributed by atoms with E-state index >= 15 is 0 Å². The van der Waals surface area contributed by atoms with Crippen molar-refractivity contribution in [2.75, 3.05) is 0 Å². The maximum atomic E-state index is 10.6. The number of nitrogens with zero attached hydrogens (tertiary/aromatic N) is 2. The number of carboxylic acid groups (broad SMARTS) is 1. The Hall–Kier alpha value is -1.79. The second kappa shape index (κ2) is 5.03. The van der Waals surface area contributed by atoms with Crippen LogP contribution in [0.5, 0.6) is 0 Å². The SMILES string of the molecule is NC(Cc1csc(-c2ccccn2)n1)C(=O)O. The third-order valence-corrected chi connectivity index (χ3v) is 3.10. The molecule has 0 aliphatic heterocycles. The summed E-state index contributed by atoms with van der Waals surface area (Å²) >= 11 is 1.43. The molecule has 0 amide bonds. The molecule has 0 saturated carbocycles. The fourth-order valence-corrected chi connectivity index (χ4v) is 2.13. The Balaban J connectivity index is 2.14. The predicted octanol–water partition coefficient (Wildman–Crippen LogP) is 1.16. The van der Waals surface area contributed by atoms with Gasteiger partial charge in [-0.2, -0.15) is 0 Å². The van der Waals surface area contributed by atoms with Crippen molar-refractivity contribution >= 4 is 17.3 Å². The Morgan fingerprint density at radius 1 is 1.53 bits per heavy atom. The summed E-state index contributed by atoms with van der Waals surface area (Å²) < 4.78 is 0. The van der Waals surface area contributed by atoms with Crippen molar-refractivity contribution in [2.24, 2.45) is 5.73 Å². The van der Waals surface area contributed by atoms with E-state index in [1.54, 1.807) is 6.20 Å². The van der Waals surface area contributed by atoms with E-state index in [0.717, 1.165) is 10.7 Å². The van der Waals surface area contributed by atoms with Gasteiger partial charge in [0.15, 0.2) is 0 Å². The van der Waals surface area contributed by atoms with Gasteiger partial charge in [-0.25, -0.2) is 4.98 Å². The number of aliphatic carboxylic acids is 1. The molecule has 2 aromatic heterocycles. The third-order valence-electron chi connectivity index (χ3n) is 2.18. The van der Waals surface area contributed by atoms with Crippen molar-refractivity contribution in [2.45, 2.75) is 12.5 Å². The summed E-state index contributed by atoms with van der Waals surface area (Å²) in [4.78, 5) is 19.1. The Kier molecular flexibility index (Phi) is 3.46. The van der Waals surface area contributed by atoms with E-state index < -0.39 is 12.0 Å². The lowest BCUT2D eigenvalue weighted by atomic mass is 10.2. The Morgan fingerprint density at radius 3 is 3.00 bits per heavy atom. The molecule has 17 heavy (non-hydrogen) atoms. The first-order valence-corrected chi connectivity index (χ1v) is 5.89. The molecule has 0 spiro atoms. The van der Waals surface area contributed by atoms with Crippen LogP contribution in [0.4, 0.5) is 0 Å². The first-order valence-electron chi connectivity index (χ1n) is 5.01. The predicted molar refractivity (Wildman–Crippen MR) is 64.7 cm³/mol. The van der Waals surface area contributed by atoms with Crippen molar-refractivity contribution in [1.82, 2.24) is 9.97 Å². The van der Waals surface area contributed by atoms with Gasteiger partial charge in [0.05, 0.1) is 11.4 Å². The van der Waals surface area contributed by atoms with Crippen molar-refractivity contribution in [3.05, 3.63) is 35.5 Å². The average molecular weight is 249 g/mol. The number of carbonyl (C=O) groups is 1. The zero-order chi connectivity index (χ0) is 12.3. The number of aromatic nitrogens is 2. The van der Waals surface area contributed by atoms with Crippen molar-refractivity contribution in [3.63, 3.8) is 0 Å². The number of carboxylic acids is 1. The van der Waals surface area contributed by atoms with E-state index in [4.69, 9.17) is 10.8 Å². The van der Waals surface area contributed by atoms with Crippen LogP contribution in [0.15, 0.2) is 29.8 Å². The summed E-state index contributed by atoms with van der Waals surface area (Å²) in [6.07, 6.45) is 1.93. The topological polar surface area (TPSA) is 89.1 Å². The highest BCUT2D eigenvalue weighted by molar-refractivity contribution is 7.13. The van der Waals surface area contributed by atoms with Crippen LogP contribution >= 0.6 is 11.3 Å². The Labute approximate surface area is 102 Å². The molecule has 1 atom stereocenters. The highest BCUT2D eigenvalue weighted by Gasteiger charge is 2.14. The lowest BCUT2D eigenvalue weighted by Crippen LogP contribution is -2.32. The average Bonchev–Trinajstić information content (AvgIpc) is 2.78. The molecule has 1 unspecified atom stereocenters. The number of hydrogen-bond acceptors (Lipinski definition) is 5. The van der Waals surface area contributed by atoms with Crippen molar-refractivity contribution < 1.29 is 9.90 Å². The summed E-state index contributed by atoms with van der Waals surface area (Å²) in [5, 5.41) is 11.3. The van der Waals surface area contributed by atoms with Gasteiger partial charge in [-0.1, -0.05) is 6.07 Å². The quantitative estimate of drug-likeness (QED) is 0.848. The molecule has 0 bridgehead atoms. The second-order valence-corrected chi connectivity index (χ2v) is 4.37. The van der Waals surface area contributed by atoms with Crippen LogP contribution in [0.25, 0.3) is 10.7 Å². The summed E-state index contributed by atoms with van der Waals surface area (Å²) in [6, 6.07) is 4.67. The minimum absolute atomic E-state index is 0.235. The number of pyridine rings is 1. The minimum atomic E-state index is -1.02. The summed E-state index contributed by atoms with van der Waals surface area (Å²) in [5.41, 5.74) is 6.92. The number of nitrogens with two attached hydrogens (primary N) is 1. The molecule has 0 fully saturated rings. The van der Waals surface area contributed by atoms with Gasteiger partial charge in [-0.3, -0.25) is 9.78 Å². The number of rotatable bonds is 4. The molecule has 3 N–H and O–H groups in total. The molecular formula is C11H11N3O2S. The van der Waals surface area contributed by atoms with Gasteiger partial charge < -0.3 is 10.8 Å². The fraction of sp³-hybridized carbons (Fsp3) is 0.182. The lowest BCUT2D eigenvalue weighted by Gasteiger charge is -2.02. The highest BCUT2D eigenvalue weighted by atomic mass is 32.1. The van der Waals surface area contributed by atoms with Gasteiger partial charge >= 0.3 is 5.97 Å². The van der Waals surface area contributed by atoms with E-state index in [1.165, 1.54) is 11.3 Å². The van der Waals surface area contributed by atoms with Gasteiger partial charge in [0.1, 0.15) is 11.0 Å². The van der Waals surface area contributed by atoms with Crippen LogP contribution in [0, 0.1) is 0 Å². The monoisotopic (exact) mass is 249 g/mol.